The predicted octanol–water partition coefficient (Wildman–Crippen LogP) is 3.98. The lowest BCUT2D eigenvalue weighted by atomic mass is 10.1. The van der Waals surface area contributed by atoms with Crippen molar-refractivity contribution in [2.24, 2.45) is 0 Å². The minimum Gasteiger partial charge on any atom is -0.337 e. The largest absolute Gasteiger partial charge is 0.337 e. The standard InChI is InChI=1S/C14H14ClNOS/c1-10-5-3-4-6-11(10)9-16(2)14(17)12-7-8-13(15)18-12/h3-8H,9H2,1-2H3. The summed E-state index contributed by atoms with van der Waals surface area (Å²) in [5.41, 5.74) is 2.36. The Balaban J connectivity index is 2.11. The van der Waals surface area contributed by atoms with E-state index < -0.39 is 0 Å². The number of aryl methyl sites for hydroxylation is 1. The Morgan fingerprint density at radius 1 is 1.28 bits per heavy atom. The maximum Gasteiger partial charge on any atom is 0.264 e. The first-order valence-electron chi connectivity index (χ1n) is 5.63. The van der Waals surface area contributed by atoms with Gasteiger partial charge in [-0.15, -0.1) is 11.3 Å². The van der Waals surface area contributed by atoms with Gasteiger partial charge in [0.1, 0.15) is 0 Å². The van der Waals surface area contributed by atoms with Crippen LogP contribution in [0.1, 0.15) is 20.8 Å². The van der Waals surface area contributed by atoms with Gasteiger partial charge in [-0.05, 0) is 30.2 Å². The number of carbonyl (C=O) groups is 1. The fraction of sp³-hybridized carbons (Fsp3) is 0.214. The summed E-state index contributed by atoms with van der Waals surface area (Å²) in [6, 6.07) is 11.6. The van der Waals surface area contributed by atoms with Crippen LogP contribution in [0.25, 0.3) is 0 Å². The highest BCUT2D eigenvalue weighted by Gasteiger charge is 2.14. The highest BCUT2D eigenvalue weighted by molar-refractivity contribution is 7.17. The molecule has 0 fully saturated rings. The van der Waals surface area contributed by atoms with Crippen LogP contribution in [0.5, 0.6) is 0 Å². The van der Waals surface area contributed by atoms with Crippen LogP contribution in [0.2, 0.25) is 4.34 Å². The van der Waals surface area contributed by atoms with E-state index in [0.29, 0.717) is 15.8 Å². The summed E-state index contributed by atoms with van der Waals surface area (Å²) >= 11 is 7.16. The van der Waals surface area contributed by atoms with Crippen LogP contribution in [-0.2, 0) is 6.54 Å². The van der Waals surface area contributed by atoms with E-state index in [9.17, 15) is 4.79 Å². The summed E-state index contributed by atoms with van der Waals surface area (Å²) in [6.07, 6.45) is 0. The molecule has 0 spiro atoms. The predicted molar refractivity (Wildman–Crippen MR) is 76.3 cm³/mol. The molecule has 18 heavy (non-hydrogen) atoms. The Morgan fingerprint density at radius 3 is 2.61 bits per heavy atom. The molecule has 1 aromatic carbocycles. The molecule has 2 aromatic rings. The highest BCUT2D eigenvalue weighted by Crippen LogP contribution is 2.23. The Morgan fingerprint density at radius 2 is 2.00 bits per heavy atom. The Hall–Kier alpha value is -1.32. The van der Waals surface area contributed by atoms with E-state index in [1.165, 1.54) is 16.9 Å². The molecule has 0 saturated heterocycles. The van der Waals surface area contributed by atoms with Crippen molar-refractivity contribution in [2.75, 3.05) is 7.05 Å². The van der Waals surface area contributed by atoms with Gasteiger partial charge in [-0.2, -0.15) is 0 Å². The summed E-state index contributed by atoms with van der Waals surface area (Å²) in [4.78, 5) is 14.5. The second-order valence-corrected chi connectivity index (χ2v) is 5.91. The fourth-order valence-electron chi connectivity index (χ4n) is 1.73. The number of hydrogen-bond acceptors (Lipinski definition) is 2. The zero-order valence-electron chi connectivity index (χ0n) is 10.3. The van der Waals surface area contributed by atoms with Crippen molar-refractivity contribution in [3.05, 3.63) is 56.7 Å². The van der Waals surface area contributed by atoms with Crippen molar-refractivity contribution in [3.63, 3.8) is 0 Å². The Labute approximate surface area is 116 Å². The van der Waals surface area contributed by atoms with Crippen LogP contribution in [0.4, 0.5) is 0 Å². The SMILES string of the molecule is Cc1ccccc1CN(C)C(=O)c1ccc(Cl)s1. The molecule has 0 saturated carbocycles. The number of carbonyl (C=O) groups excluding carboxylic acids is 1. The number of rotatable bonds is 3. The van der Waals surface area contributed by atoms with Gasteiger partial charge in [0.05, 0.1) is 9.21 Å². The van der Waals surface area contributed by atoms with Crippen LogP contribution >= 0.6 is 22.9 Å². The molecule has 94 valence electrons. The zero-order valence-corrected chi connectivity index (χ0v) is 11.9. The molecular weight excluding hydrogens is 266 g/mol. The third-order valence-electron chi connectivity index (χ3n) is 2.80. The average molecular weight is 280 g/mol. The van der Waals surface area contributed by atoms with Crippen molar-refractivity contribution in [2.45, 2.75) is 13.5 Å². The van der Waals surface area contributed by atoms with E-state index in [1.807, 2.05) is 25.2 Å². The quantitative estimate of drug-likeness (QED) is 0.832. The average Bonchev–Trinajstić information content (AvgIpc) is 2.78. The van der Waals surface area contributed by atoms with Crippen LogP contribution in [0.3, 0.4) is 0 Å². The topological polar surface area (TPSA) is 20.3 Å². The van der Waals surface area contributed by atoms with Crippen LogP contribution in [-0.4, -0.2) is 17.9 Å². The summed E-state index contributed by atoms with van der Waals surface area (Å²) in [7, 11) is 1.81. The van der Waals surface area contributed by atoms with E-state index >= 15 is 0 Å². The van der Waals surface area contributed by atoms with Gasteiger partial charge in [-0.3, -0.25) is 4.79 Å². The second kappa shape index (κ2) is 5.55. The lowest BCUT2D eigenvalue weighted by Gasteiger charge is -2.17. The molecule has 0 aliphatic carbocycles. The van der Waals surface area contributed by atoms with Gasteiger partial charge < -0.3 is 4.90 Å². The number of hydrogen-bond donors (Lipinski definition) is 0. The maximum atomic E-state index is 12.2. The third kappa shape index (κ3) is 2.92. The molecule has 0 aliphatic heterocycles. The first kappa shape index (κ1) is 13.1. The molecule has 2 nitrogen and oxygen atoms in total. The first-order valence-corrected chi connectivity index (χ1v) is 6.82. The summed E-state index contributed by atoms with van der Waals surface area (Å²) in [6.45, 7) is 2.66. The number of halogens is 1. The van der Waals surface area contributed by atoms with Crippen molar-refractivity contribution in [1.82, 2.24) is 4.90 Å². The third-order valence-corrected chi connectivity index (χ3v) is 4.02. The van der Waals surface area contributed by atoms with Crippen molar-refractivity contribution < 1.29 is 4.79 Å². The minimum absolute atomic E-state index is 0.00940. The molecule has 0 N–H and O–H groups in total. The van der Waals surface area contributed by atoms with E-state index in [2.05, 4.69) is 13.0 Å². The molecule has 1 aromatic heterocycles. The van der Waals surface area contributed by atoms with Gasteiger partial charge in [-0.25, -0.2) is 0 Å². The van der Waals surface area contributed by atoms with Crippen molar-refractivity contribution >= 4 is 28.8 Å². The van der Waals surface area contributed by atoms with E-state index in [1.54, 1.807) is 17.0 Å². The van der Waals surface area contributed by atoms with Gasteiger partial charge in [0.25, 0.3) is 5.91 Å². The smallest absolute Gasteiger partial charge is 0.264 e. The van der Waals surface area contributed by atoms with Gasteiger partial charge in [-0.1, -0.05) is 35.9 Å². The van der Waals surface area contributed by atoms with E-state index in [0.717, 1.165) is 5.56 Å². The molecular formula is C14H14ClNOS. The number of benzene rings is 1. The van der Waals surface area contributed by atoms with Gasteiger partial charge >= 0.3 is 0 Å². The van der Waals surface area contributed by atoms with Crippen LogP contribution < -0.4 is 0 Å². The van der Waals surface area contributed by atoms with E-state index in [4.69, 9.17) is 11.6 Å². The zero-order chi connectivity index (χ0) is 13.1. The molecule has 1 amide bonds. The van der Waals surface area contributed by atoms with Crippen molar-refractivity contribution in [3.8, 4) is 0 Å². The molecule has 1 heterocycles. The van der Waals surface area contributed by atoms with Crippen LogP contribution in [0.15, 0.2) is 36.4 Å². The maximum absolute atomic E-state index is 12.2. The molecule has 0 bridgehead atoms. The van der Waals surface area contributed by atoms with E-state index in [-0.39, 0.29) is 5.91 Å². The summed E-state index contributed by atoms with van der Waals surface area (Å²) in [5.74, 6) is 0.00940. The van der Waals surface area contributed by atoms with Crippen LogP contribution in [0, 0.1) is 6.92 Å². The lowest BCUT2D eigenvalue weighted by molar-refractivity contribution is 0.0789. The number of thiophene rings is 1. The summed E-state index contributed by atoms with van der Waals surface area (Å²) in [5, 5.41) is 0. The van der Waals surface area contributed by atoms with Gasteiger partial charge in [0.2, 0.25) is 0 Å². The number of nitrogens with zero attached hydrogens (tertiary/aromatic N) is 1. The van der Waals surface area contributed by atoms with Gasteiger partial charge in [0, 0.05) is 13.6 Å². The summed E-state index contributed by atoms with van der Waals surface area (Å²) < 4.78 is 0.641. The molecule has 2 rings (SSSR count). The molecule has 0 atom stereocenters. The Bertz CT molecular complexity index is 564. The fourth-order valence-corrected chi connectivity index (χ4v) is 2.77. The molecule has 4 heteroatoms. The first-order chi connectivity index (χ1) is 8.58. The van der Waals surface area contributed by atoms with Crippen molar-refractivity contribution in [1.29, 1.82) is 0 Å². The minimum atomic E-state index is 0.00940. The second-order valence-electron chi connectivity index (χ2n) is 4.19. The molecule has 0 radical (unpaired) electrons. The molecule has 0 aliphatic rings. The van der Waals surface area contributed by atoms with Gasteiger partial charge in [0.15, 0.2) is 0 Å². The Kier molecular flexibility index (Phi) is 4.04. The number of amides is 1. The lowest BCUT2D eigenvalue weighted by Crippen LogP contribution is -2.25. The molecule has 0 unspecified atom stereocenters. The monoisotopic (exact) mass is 279 g/mol. The highest BCUT2D eigenvalue weighted by atomic mass is 35.5. The normalized spacial score (nSPS) is 10.4.